The van der Waals surface area contributed by atoms with E-state index >= 15 is 0 Å². The van der Waals surface area contributed by atoms with Gasteiger partial charge in [0.1, 0.15) is 0 Å². The summed E-state index contributed by atoms with van der Waals surface area (Å²) >= 11 is 0. The second-order valence-electron chi connectivity index (χ2n) is 5.76. The molecule has 0 saturated heterocycles. The Kier molecular flexibility index (Phi) is 17.8. The zero-order valence-corrected chi connectivity index (χ0v) is 12.6. The highest BCUT2D eigenvalue weighted by Gasteiger charge is 2.13. The predicted octanol–water partition coefficient (Wildman–Crippen LogP) is -0.645. The molecule has 0 saturated carbocycles. The quantitative estimate of drug-likeness (QED) is 0.386. The van der Waals surface area contributed by atoms with Crippen LogP contribution in [0, 0.1) is 10.8 Å². The number of hydrogen-bond acceptors (Lipinski definition) is 6. The molecule has 0 aromatic heterocycles. The van der Waals surface area contributed by atoms with E-state index in [-0.39, 0.29) is 50.5 Å². The number of aliphatic hydroxyl groups is 6. The summed E-state index contributed by atoms with van der Waals surface area (Å²) in [4.78, 5) is 0. The molecule has 0 aliphatic carbocycles. The highest BCUT2D eigenvalue weighted by Crippen LogP contribution is 2.10. The SMILES string of the molecule is CC(C)(CO)CO.CC(C)(CO)CO.OCCCO. The van der Waals surface area contributed by atoms with Crippen LogP contribution in [0.25, 0.3) is 0 Å². The predicted molar refractivity (Wildman–Crippen MR) is 74.7 cm³/mol. The molecule has 0 spiro atoms. The first-order valence-electron chi connectivity index (χ1n) is 6.31. The minimum absolute atomic E-state index is 0.0451. The summed E-state index contributed by atoms with van der Waals surface area (Å²) in [5, 5.41) is 49.5. The lowest BCUT2D eigenvalue weighted by atomic mass is 9.97. The topological polar surface area (TPSA) is 121 Å². The molecule has 0 bridgehead atoms. The van der Waals surface area contributed by atoms with E-state index in [1.54, 1.807) is 27.7 Å². The van der Waals surface area contributed by atoms with Gasteiger partial charge in [0.05, 0.1) is 26.4 Å². The summed E-state index contributed by atoms with van der Waals surface area (Å²) in [5.41, 5.74) is -0.611. The maximum Gasteiger partial charge on any atom is 0.0504 e. The average Bonchev–Trinajstić information content (AvgIpc) is 2.41. The Hall–Kier alpha value is -0.240. The normalized spacial score (nSPS) is 11.1. The van der Waals surface area contributed by atoms with Crippen molar-refractivity contribution in [3.63, 3.8) is 0 Å². The van der Waals surface area contributed by atoms with Gasteiger partial charge in [-0.1, -0.05) is 27.7 Å². The van der Waals surface area contributed by atoms with Crippen molar-refractivity contribution in [2.45, 2.75) is 34.1 Å². The summed E-state index contributed by atoms with van der Waals surface area (Å²) in [6.45, 7) is 7.56. The molecule has 0 aliphatic rings. The van der Waals surface area contributed by atoms with Gasteiger partial charge < -0.3 is 30.6 Å². The summed E-state index contributed by atoms with van der Waals surface area (Å²) < 4.78 is 0. The fourth-order valence-electron chi connectivity index (χ4n) is 0.171. The van der Waals surface area contributed by atoms with Gasteiger partial charge in [-0.05, 0) is 6.42 Å². The van der Waals surface area contributed by atoms with Crippen LogP contribution in [0.5, 0.6) is 0 Å². The van der Waals surface area contributed by atoms with Crippen molar-refractivity contribution in [3.05, 3.63) is 0 Å². The van der Waals surface area contributed by atoms with E-state index in [1.807, 2.05) is 0 Å². The molecule has 0 radical (unpaired) electrons. The average molecular weight is 284 g/mol. The number of rotatable bonds is 6. The third-order valence-corrected chi connectivity index (χ3v) is 2.03. The van der Waals surface area contributed by atoms with Crippen LogP contribution >= 0.6 is 0 Å². The van der Waals surface area contributed by atoms with Crippen LogP contribution in [0.4, 0.5) is 0 Å². The molecule has 6 nitrogen and oxygen atoms in total. The molecule has 0 aliphatic heterocycles. The van der Waals surface area contributed by atoms with Gasteiger partial charge >= 0.3 is 0 Å². The Balaban J connectivity index is -0.000000206. The van der Waals surface area contributed by atoms with E-state index in [0.717, 1.165) is 0 Å². The first-order chi connectivity index (χ1) is 8.66. The Bertz CT molecular complexity index is 141. The standard InChI is InChI=1S/2C5H12O2.C3H8O2/c2*1-5(2,3-6)4-7;4-2-1-3-5/h2*6-7H,3-4H2,1-2H3;4-5H,1-3H2. The molecule has 19 heavy (non-hydrogen) atoms. The minimum atomic E-state index is -0.306. The second-order valence-corrected chi connectivity index (χ2v) is 5.76. The fraction of sp³-hybridized carbons (Fsp3) is 1.00. The van der Waals surface area contributed by atoms with Crippen molar-refractivity contribution >= 4 is 0 Å². The Morgan fingerprint density at radius 3 is 0.737 bits per heavy atom. The second kappa shape index (κ2) is 14.2. The lowest BCUT2D eigenvalue weighted by molar-refractivity contribution is 0.0855. The molecule has 0 aromatic rings. The van der Waals surface area contributed by atoms with Gasteiger partial charge in [-0.2, -0.15) is 0 Å². The third-order valence-electron chi connectivity index (χ3n) is 2.03. The number of aliphatic hydroxyl groups excluding tert-OH is 6. The molecule has 0 rings (SSSR count). The van der Waals surface area contributed by atoms with Crippen LogP contribution in [0.2, 0.25) is 0 Å². The number of hydrogen-bond donors (Lipinski definition) is 6. The van der Waals surface area contributed by atoms with E-state index in [4.69, 9.17) is 30.6 Å². The smallest absolute Gasteiger partial charge is 0.0504 e. The third kappa shape index (κ3) is 23.3. The summed E-state index contributed by atoms with van der Waals surface area (Å²) in [6.07, 6.45) is 0.500. The summed E-state index contributed by atoms with van der Waals surface area (Å²) in [7, 11) is 0. The van der Waals surface area contributed by atoms with Crippen LogP contribution in [-0.2, 0) is 0 Å². The van der Waals surface area contributed by atoms with Gasteiger partial charge in [0.15, 0.2) is 0 Å². The molecule has 0 fully saturated rings. The first-order valence-corrected chi connectivity index (χ1v) is 6.31. The maximum atomic E-state index is 8.43. The Labute approximate surface area is 116 Å². The monoisotopic (exact) mass is 284 g/mol. The van der Waals surface area contributed by atoms with Gasteiger partial charge in [0.25, 0.3) is 0 Å². The zero-order valence-electron chi connectivity index (χ0n) is 12.6. The summed E-state index contributed by atoms with van der Waals surface area (Å²) in [5.74, 6) is 0. The van der Waals surface area contributed by atoms with E-state index in [2.05, 4.69) is 0 Å². The molecule has 6 heteroatoms. The maximum absolute atomic E-state index is 8.43. The Morgan fingerprint density at radius 2 is 0.737 bits per heavy atom. The van der Waals surface area contributed by atoms with Gasteiger partial charge in [-0.3, -0.25) is 0 Å². The molecule has 0 heterocycles. The largest absolute Gasteiger partial charge is 0.396 e. The van der Waals surface area contributed by atoms with Gasteiger partial charge in [0.2, 0.25) is 0 Å². The molecule has 120 valence electrons. The van der Waals surface area contributed by atoms with Crippen molar-refractivity contribution in [1.82, 2.24) is 0 Å². The van der Waals surface area contributed by atoms with Crippen LogP contribution < -0.4 is 0 Å². The zero-order chi connectivity index (χ0) is 15.9. The first kappa shape index (κ1) is 23.8. The Morgan fingerprint density at radius 1 is 0.526 bits per heavy atom. The molecule has 0 amide bonds. The summed E-state index contributed by atoms with van der Waals surface area (Å²) in [6, 6.07) is 0. The van der Waals surface area contributed by atoms with Crippen LogP contribution in [0.3, 0.4) is 0 Å². The van der Waals surface area contributed by atoms with Crippen LogP contribution in [0.15, 0.2) is 0 Å². The fourth-order valence-corrected chi connectivity index (χ4v) is 0.171. The van der Waals surface area contributed by atoms with Crippen molar-refractivity contribution in [2.75, 3.05) is 39.6 Å². The molecular formula is C13H32O6. The van der Waals surface area contributed by atoms with E-state index in [0.29, 0.717) is 6.42 Å². The van der Waals surface area contributed by atoms with E-state index in [9.17, 15) is 0 Å². The lowest BCUT2D eigenvalue weighted by Gasteiger charge is -2.16. The minimum Gasteiger partial charge on any atom is -0.396 e. The van der Waals surface area contributed by atoms with Crippen molar-refractivity contribution < 1.29 is 30.6 Å². The highest BCUT2D eigenvalue weighted by molar-refractivity contribution is 4.63. The van der Waals surface area contributed by atoms with E-state index in [1.165, 1.54) is 0 Å². The van der Waals surface area contributed by atoms with Gasteiger partial charge in [-0.15, -0.1) is 0 Å². The lowest BCUT2D eigenvalue weighted by Crippen LogP contribution is -2.20. The van der Waals surface area contributed by atoms with Crippen molar-refractivity contribution in [1.29, 1.82) is 0 Å². The van der Waals surface area contributed by atoms with Gasteiger partial charge in [-0.25, -0.2) is 0 Å². The highest BCUT2D eigenvalue weighted by atomic mass is 16.3. The molecule has 0 unspecified atom stereocenters. The van der Waals surface area contributed by atoms with Gasteiger partial charge in [0, 0.05) is 24.0 Å². The van der Waals surface area contributed by atoms with E-state index < -0.39 is 0 Å². The van der Waals surface area contributed by atoms with Crippen LogP contribution in [-0.4, -0.2) is 70.3 Å². The van der Waals surface area contributed by atoms with Crippen molar-refractivity contribution in [3.8, 4) is 0 Å². The molecule has 0 aromatic carbocycles. The molecular weight excluding hydrogens is 252 g/mol. The molecule has 0 atom stereocenters. The molecule has 6 N–H and O–H groups in total. The van der Waals surface area contributed by atoms with Crippen molar-refractivity contribution in [2.24, 2.45) is 10.8 Å². The van der Waals surface area contributed by atoms with Crippen LogP contribution in [0.1, 0.15) is 34.1 Å².